The Labute approximate surface area is 176 Å². The first kappa shape index (κ1) is 24.3. The Morgan fingerprint density at radius 1 is 1.14 bits per heavy atom. The van der Waals surface area contributed by atoms with Crippen LogP contribution in [-0.2, 0) is 11.3 Å². The first-order valence-electron chi connectivity index (χ1n) is 10.5. The molecule has 1 atom stereocenters. The van der Waals surface area contributed by atoms with Gasteiger partial charge in [0.2, 0.25) is 0 Å². The van der Waals surface area contributed by atoms with Crippen LogP contribution >= 0.6 is 11.6 Å². The van der Waals surface area contributed by atoms with Crippen LogP contribution in [0.4, 0.5) is 0 Å². The molecule has 1 aromatic rings. The van der Waals surface area contributed by atoms with E-state index in [4.69, 9.17) is 11.6 Å². The summed E-state index contributed by atoms with van der Waals surface area (Å²) in [4.78, 5) is 13.3. The molecule has 1 amide bonds. The van der Waals surface area contributed by atoms with Crippen LogP contribution in [-0.4, -0.2) is 13.0 Å². The van der Waals surface area contributed by atoms with E-state index in [1.807, 2.05) is 31.3 Å². The second-order valence-corrected chi connectivity index (χ2v) is 7.81. The van der Waals surface area contributed by atoms with Crippen molar-refractivity contribution in [3.63, 3.8) is 0 Å². The third-order valence-electron chi connectivity index (χ3n) is 5.33. The molecule has 0 radical (unpaired) electrons. The summed E-state index contributed by atoms with van der Waals surface area (Å²) in [7, 11) is 1.97. The number of allylic oxidation sites excluding steroid dienone is 2. The summed E-state index contributed by atoms with van der Waals surface area (Å²) < 4.78 is 0. The highest BCUT2D eigenvalue weighted by molar-refractivity contribution is 6.30. The second kappa shape index (κ2) is 12.7. The molecule has 0 aliphatic heterocycles. The molecule has 0 saturated heterocycles. The van der Waals surface area contributed by atoms with Gasteiger partial charge in [-0.15, -0.1) is 0 Å². The molecule has 0 saturated carbocycles. The number of hydrogen-bond donors (Lipinski definition) is 2. The molecule has 2 N–H and O–H groups in total. The van der Waals surface area contributed by atoms with Gasteiger partial charge in [-0.1, -0.05) is 63.4 Å². The van der Waals surface area contributed by atoms with Crippen LogP contribution in [0.25, 0.3) is 0 Å². The van der Waals surface area contributed by atoms with Gasteiger partial charge in [-0.2, -0.15) is 0 Å². The maximum absolute atomic E-state index is 13.3. The third kappa shape index (κ3) is 7.01. The molecule has 0 bridgehead atoms. The number of hydrogen-bond acceptors (Lipinski definition) is 2. The van der Waals surface area contributed by atoms with Crippen molar-refractivity contribution < 1.29 is 4.79 Å². The highest BCUT2D eigenvalue weighted by Gasteiger charge is 2.22. The molecule has 0 fully saturated rings. The normalized spacial score (nSPS) is 14.1. The van der Waals surface area contributed by atoms with Gasteiger partial charge in [-0.05, 0) is 61.8 Å². The summed E-state index contributed by atoms with van der Waals surface area (Å²) in [5, 5.41) is 7.23. The quantitative estimate of drug-likeness (QED) is 0.331. The summed E-state index contributed by atoms with van der Waals surface area (Å²) in [6.45, 7) is 11.3. The van der Waals surface area contributed by atoms with Gasteiger partial charge in [0.05, 0.1) is 0 Å². The van der Waals surface area contributed by atoms with Gasteiger partial charge in [-0.25, -0.2) is 0 Å². The molecular weight excluding hydrogens is 368 g/mol. The van der Waals surface area contributed by atoms with Crippen LogP contribution in [0.3, 0.4) is 0 Å². The van der Waals surface area contributed by atoms with Crippen LogP contribution in [0.2, 0.25) is 5.02 Å². The Balaban J connectivity index is 3.25. The summed E-state index contributed by atoms with van der Waals surface area (Å²) in [5.41, 5.74) is 5.40. The SMILES string of the molecule is CCCCC(/C(C(=O)NCc1ccc(Cl)cc1)=C(\C)CC)=C(/NC)C(C)CC. The third-order valence-corrected chi connectivity index (χ3v) is 5.58. The smallest absolute Gasteiger partial charge is 0.251 e. The van der Waals surface area contributed by atoms with Gasteiger partial charge in [0, 0.05) is 29.9 Å². The predicted molar refractivity (Wildman–Crippen MR) is 121 cm³/mol. The number of halogens is 1. The number of carbonyl (C=O) groups excluding carboxylic acids is 1. The Morgan fingerprint density at radius 2 is 1.79 bits per heavy atom. The van der Waals surface area contributed by atoms with E-state index in [0.29, 0.717) is 17.5 Å². The number of rotatable bonds is 11. The van der Waals surface area contributed by atoms with Crippen LogP contribution in [0.15, 0.2) is 46.7 Å². The maximum atomic E-state index is 13.3. The molecular formula is C24H37ClN2O. The lowest BCUT2D eigenvalue weighted by Crippen LogP contribution is -2.28. The number of nitrogens with one attached hydrogen (secondary N) is 2. The Bertz CT molecular complexity index is 689. The highest BCUT2D eigenvalue weighted by atomic mass is 35.5. The lowest BCUT2D eigenvalue weighted by molar-refractivity contribution is -0.117. The minimum Gasteiger partial charge on any atom is -0.391 e. The average Bonchev–Trinajstić information content (AvgIpc) is 2.71. The van der Waals surface area contributed by atoms with Gasteiger partial charge in [0.15, 0.2) is 0 Å². The minimum atomic E-state index is 0.0106. The standard InChI is InChI=1S/C24H37ClN2O/c1-7-10-11-21(23(26-6)18(5)9-3)22(17(4)8-2)24(28)27-16-19-12-14-20(25)15-13-19/h12-15,18,26H,7-11,16H2,1-6H3,(H,27,28)/b22-17-,23-21-. The minimum absolute atomic E-state index is 0.0106. The second-order valence-electron chi connectivity index (χ2n) is 7.37. The lowest BCUT2D eigenvalue weighted by Gasteiger charge is -2.23. The summed E-state index contributed by atoms with van der Waals surface area (Å²) in [6, 6.07) is 7.60. The molecule has 156 valence electrons. The van der Waals surface area contributed by atoms with Gasteiger partial charge >= 0.3 is 0 Å². The fourth-order valence-electron chi connectivity index (χ4n) is 3.28. The van der Waals surface area contributed by atoms with Gasteiger partial charge in [0.25, 0.3) is 5.91 Å². The van der Waals surface area contributed by atoms with E-state index in [9.17, 15) is 4.79 Å². The average molecular weight is 405 g/mol. The molecule has 3 nitrogen and oxygen atoms in total. The predicted octanol–water partition coefficient (Wildman–Crippen LogP) is 6.39. The number of unbranched alkanes of at least 4 members (excludes halogenated alkanes) is 1. The Hall–Kier alpha value is -1.74. The summed E-state index contributed by atoms with van der Waals surface area (Å²) in [6.07, 6.45) is 4.99. The van der Waals surface area contributed by atoms with Crippen molar-refractivity contribution in [1.82, 2.24) is 10.6 Å². The molecule has 1 rings (SSSR count). The fourth-order valence-corrected chi connectivity index (χ4v) is 3.41. The van der Waals surface area contributed by atoms with Crippen LogP contribution < -0.4 is 10.6 Å². The van der Waals surface area contributed by atoms with Gasteiger partial charge < -0.3 is 10.6 Å². The molecule has 28 heavy (non-hydrogen) atoms. The summed E-state index contributed by atoms with van der Waals surface area (Å²) in [5.74, 6) is 0.400. The Kier molecular flexibility index (Phi) is 11.0. The van der Waals surface area contributed by atoms with Crippen LogP contribution in [0, 0.1) is 5.92 Å². The molecule has 4 heteroatoms. The van der Waals surface area contributed by atoms with Crippen LogP contribution in [0.5, 0.6) is 0 Å². The molecule has 1 unspecified atom stereocenters. The van der Waals surface area contributed by atoms with Crippen molar-refractivity contribution in [3.05, 3.63) is 57.3 Å². The summed E-state index contributed by atoms with van der Waals surface area (Å²) >= 11 is 5.96. The highest BCUT2D eigenvalue weighted by Crippen LogP contribution is 2.29. The maximum Gasteiger partial charge on any atom is 0.251 e. The van der Waals surface area contributed by atoms with Crippen molar-refractivity contribution >= 4 is 17.5 Å². The van der Waals surface area contributed by atoms with E-state index in [-0.39, 0.29) is 5.91 Å². The number of benzene rings is 1. The lowest BCUT2D eigenvalue weighted by atomic mass is 9.88. The first-order chi connectivity index (χ1) is 13.4. The van der Waals surface area contributed by atoms with Crippen molar-refractivity contribution in [2.24, 2.45) is 5.92 Å². The van der Waals surface area contributed by atoms with Crippen molar-refractivity contribution in [2.45, 2.75) is 73.3 Å². The topological polar surface area (TPSA) is 41.1 Å². The zero-order valence-electron chi connectivity index (χ0n) is 18.4. The zero-order chi connectivity index (χ0) is 21.1. The Morgan fingerprint density at radius 3 is 2.29 bits per heavy atom. The fraction of sp³-hybridized carbons (Fsp3) is 0.542. The number of carbonyl (C=O) groups is 1. The van der Waals surface area contributed by atoms with Crippen molar-refractivity contribution in [3.8, 4) is 0 Å². The van der Waals surface area contributed by atoms with Gasteiger partial charge in [0.1, 0.15) is 0 Å². The first-order valence-corrected chi connectivity index (χ1v) is 10.9. The van der Waals surface area contributed by atoms with Crippen molar-refractivity contribution in [2.75, 3.05) is 7.05 Å². The van der Waals surface area contributed by atoms with Gasteiger partial charge in [-0.3, -0.25) is 4.79 Å². The van der Waals surface area contributed by atoms with E-state index < -0.39 is 0 Å². The van der Waals surface area contributed by atoms with Crippen molar-refractivity contribution in [1.29, 1.82) is 0 Å². The molecule has 0 heterocycles. The van der Waals surface area contributed by atoms with E-state index in [1.54, 1.807) is 0 Å². The van der Waals surface area contributed by atoms with Crippen LogP contribution in [0.1, 0.15) is 72.3 Å². The molecule has 0 aliphatic rings. The van der Waals surface area contributed by atoms with E-state index in [0.717, 1.165) is 48.8 Å². The van der Waals surface area contributed by atoms with E-state index in [1.165, 1.54) is 11.3 Å². The molecule has 1 aromatic carbocycles. The van der Waals surface area contributed by atoms with E-state index in [2.05, 4.69) is 45.3 Å². The monoisotopic (exact) mass is 404 g/mol. The van der Waals surface area contributed by atoms with E-state index >= 15 is 0 Å². The number of amides is 1. The zero-order valence-corrected chi connectivity index (χ0v) is 19.2. The molecule has 0 aliphatic carbocycles. The molecule has 0 spiro atoms. The largest absolute Gasteiger partial charge is 0.391 e. The molecule has 0 aromatic heterocycles.